The van der Waals surface area contributed by atoms with Crippen molar-refractivity contribution in [3.8, 4) is 5.75 Å². The molecule has 32 heavy (non-hydrogen) atoms. The number of likely N-dealkylation sites (tertiary alicyclic amines) is 1. The van der Waals surface area contributed by atoms with Crippen LogP contribution in [0.3, 0.4) is 0 Å². The Hall–Kier alpha value is -2.57. The third-order valence-corrected chi connectivity index (χ3v) is 6.40. The van der Waals surface area contributed by atoms with Crippen molar-refractivity contribution >= 4 is 5.96 Å². The first-order valence-corrected chi connectivity index (χ1v) is 11.8. The van der Waals surface area contributed by atoms with Crippen LogP contribution in [0.1, 0.15) is 30.0 Å². The van der Waals surface area contributed by atoms with Gasteiger partial charge < -0.3 is 19.7 Å². The predicted molar refractivity (Wildman–Crippen MR) is 129 cm³/mol. The van der Waals surface area contributed by atoms with Crippen molar-refractivity contribution in [2.75, 3.05) is 53.0 Å². The number of piperidine rings is 1. The van der Waals surface area contributed by atoms with Crippen molar-refractivity contribution < 1.29 is 9.47 Å². The number of benzene rings is 2. The highest BCUT2D eigenvalue weighted by atomic mass is 16.5. The minimum Gasteiger partial charge on any atom is -0.490 e. The maximum Gasteiger partial charge on any atom is 0.193 e. The van der Waals surface area contributed by atoms with E-state index in [9.17, 15) is 0 Å². The molecule has 6 heteroatoms. The quantitative estimate of drug-likeness (QED) is 0.555. The minimum atomic E-state index is 0.264. The molecule has 2 heterocycles. The summed E-state index contributed by atoms with van der Waals surface area (Å²) in [6, 6.07) is 19.3. The van der Waals surface area contributed by atoms with Gasteiger partial charge in [0.15, 0.2) is 5.96 Å². The second-order valence-electron chi connectivity index (χ2n) is 8.62. The average molecular weight is 437 g/mol. The fourth-order valence-corrected chi connectivity index (χ4v) is 4.53. The molecule has 0 saturated carbocycles. The highest BCUT2D eigenvalue weighted by Crippen LogP contribution is 2.23. The monoisotopic (exact) mass is 436 g/mol. The highest BCUT2D eigenvalue weighted by Gasteiger charge is 2.26. The number of guanidine groups is 1. The van der Waals surface area contributed by atoms with Gasteiger partial charge in [0.1, 0.15) is 11.9 Å². The van der Waals surface area contributed by atoms with Crippen molar-refractivity contribution in [2.45, 2.75) is 31.9 Å². The van der Waals surface area contributed by atoms with E-state index < -0.39 is 0 Å². The largest absolute Gasteiger partial charge is 0.490 e. The molecule has 0 bridgehead atoms. The van der Waals surface area contributed by atoms with Crippen LogP contribution in [-0.2, 0) is 4.74 Å². The lowest BCUT2D eigenvalue weighted by atomic mass is 10.0. The molecule has 2 saturated heterocycles. The maximum atomic E-state index is 6.16. The first-order valence-electron chi connectivity index (χ1n) is 11.8. The maximum absolute atomic E-state index is 6.16. The lowest BCUT2D eigenvalue weighted by molar-refractivity contribution is 0.0168. The SMILES string of the molecule is CN=C(NCC(c1ccc(C)cc1)N1CCOCC1)N1CCC(Oc2ccccc2)CC1. The van der Waals surface area contributed by atoms with Gasteiger partial charge in [-0.25, -0.2) is 0 Å². The number of aliphatic imine (C=N–C) groups is 1. The van der Waals surface area contributed by atoms with E-state index in [1.165, 1.54) is 11.1 Å². The van der Waals surface area contributed by atoms with Gasteiger partial charge in [0.25, 0.3) is 0 Å². The number of nitrogens with one attached hydrogen (secondary N) is 1. The second-order valence-corrected chi connectivity index (χ2v) is 8.62. The molecule has 2 aromatic carbocycles. The average Bonchev–Trinajstić information content (AvgIpc) is 2.85. The lowest BCUT2D eigenvalue weighted by Gasteiger charge is -2.37. The molecular formula is C26H36N4O2. The van der Waals surface area contributed by atoms with Gasteiger partial charge in [0.05, 0.1) is 19.3 Å². The molecule has 2 aliphatic rings. The molecule has 6 nitrogen and oxygen atoms in total. The van der Waals surface area contributed by atoms with Crippen LogP contribution < -0.4 is 10.1 Å². The summed E-state index contributed by atoms with van der Waals surface area (Å²) in [5.74, 6) is 1.94. The zero-order valence-corrected chi connectivity index (χ0v) is 19.4. The normalized spacial score (nSPS) is 19.6. The van der Waals surface area contributed by atoms with Gasteiger partial charge in [-0.3, -0.25) is 9.89 Å². The molecule has 2 fully saturated rings. The van der Waals surface area contributed by atoms with Crippen molar-refractivity contribution in [1.29, 1.82) is 0 Å². The zero-order chi connectivity index (χ0) is 22.2. The number of nitrogens with zero attached hydrogens (tertiary/aromatic N) is 3. The number of rotatable bonds is 6. The van der Waals surface area contributed by atoms with Gasteiger partial charge in [-0.05, 0) is 24.6 Å². The van der Waals surface area contributed by atoms with Gasteiger partial charge in [0.2, 0.25) is 0 Å². The van der Waals surface area contributed by atoms with E-state index in [-0.39, 0.29) is 6.10 Å². The second kappa shape index (κ2) is 11.3. The standard InChI is InChI=1S/C26H36N4O2/c1-21-8-10-22(11-9-21)25(29-16-18-31-19-17-29)20-28-26(27-2)30-14-12-24(13-15-30)32-23-6-4-3-5-7-23/h3-11,24-25H,12-20H2,1-2H3,(H,27,28). The van der Waals surface area contributed by atoms with Gasteiger partial charge >= 0.3 is 0 Å². The summed E-state index contributed by atoms with van der Waals surface area (Å²) >= 11 is 0. The Bertz CT molecular complexity index is 842. The Balaban J connectivity index is 1.34. The van der Waals surface area contributed by atoms with Crippen molar-refractivity contribution in [3.63, 3.8) is 0 Å². The number of aryl methyl sites for hydroxylation is 1. The van der Waals surface area contributed by atoms with Crippen LogP contribution >= 0.6 is 0 Å². The molecule has 1 atom stereocenters. The summed E-state index contributed by atoms with van der Waals surface area (Å²) in [6.07, 6.45) is 2.27. The molecule has 2 aliphatic heterocycles. The van der Waals surface area contributed by atoms with Gasteiger partial charge in [-0.15, -0.1) is 0 Å². The van der Waals surface area contributed by atoms with Crippen molar-refractivity contribution in [1.82, 2.24) is 15.1 Å². The van der Waals surface area contributed by atoms with E-state index in [1.54, 1.807) is 0 Å². The summed E-state index contributed by atoms with van der Waals surface area (Å²) in [7, 11) is 1.88. The molecule has 0 amide bonds. The van der Waals surface area contributed by atoms with Crippen molar-refractivity contribution in [3.05, 3.63) is 65.7 Å². The van der Waals surface area contributed by atoms with Crippen LogP contribution in [0.4, 0.5) is 0 Å². The van der Waals surface area contributed by atoms with E-state index in [1.807, 2.05) is 37.4 Å². The van der Waals surface area contributed by atoms with Crippen LogP contribution in [0.25, 0.3) is 0 Å². The van der Waals surface area contributed by atoms with Crippen LogP contribution in [0, 0.1) is 6.92 Å². The number of para-hydroxylation sites is 1. The topological polar surface area (TPSA) is 49.3 Å². The minimum absolute atomic E-state index is 0.264. The summed E-state index contributed by atoms with van der Waals surface area (Å²) in [5.41, 5.74) is 2.63. The summed E-state index contributed by atoms with van der Waals surface area (Å²) in [6.45, 7) is 8.38. The van der Waals surface area contributed by atoms with Gasteiger partial charge in [-0.2, -0.15) is 0 Å². The predicted octanol–water partition coefficient (Wildman–Crippen LogP) is 3.49. The first-order chi connectivity index (χ1) is 15.7. The van der Waals surface area contributed by atoms with E-state index in [0.29, 0.717) is 6.04 Å². The van der Waals surface area contributed by atoms with Crippen LogP contribution in [0.2, 0.25) is 0 Å². The Labute approximate surface area is 192 Å². The number of hydrogen-bond donors (Lipinski definition) is 1. The molecule has 4 rings (SSSR count). The van der Waals surface area contributed by atoms with Gasteiger partial charge in [-0.1, -0.05) is 48.0 Å². The smallest absolute Gasteiger partial charge is 0.193 e. The molecule has 1 N–H and O–H groups in total. The van der Waals surface area contributed by atoms with Crippen LogP contribution in [0.15, 0.2) is 59.6 Å². The Morgan fingerprint density at radius 2 is 1.72 bits per heavy atom. The third kappa shape index (κ3) is 6.02. The summed E-state index contributed by atoms with van der Waals surface area (Å²) < 4.78 is 11.8. The van der Waals surface area contributed by atoms with E-state index in [2.05, 4.69) is 51.3 Å². The third-order valence-electron chi connectivity index (χ3n) is 6.40. The molecular weight excluding hydrogens is 400 g/mol. The van der Waals surface area contributed by atoms with E-state index in [4.69, 9.17) is 9.47 Å². The molecule has 0 aromatic heterocycles. The highest BCUT2D eigenvalue weighted by molar-refractivity contribution is 5.80. The molecule has 0 spiro atoms. The number of ether oxygens (including phenoxy) is 2. The Morgan fingerprint density at radius 1 is 1.03 bits per heavy atom. The zero-order valence-electron chi connectivity index (χ0n) is 19.4. The number of hydrogen-bond acceptors (Lipinski definition) is 4. The molecule has 0 radical (unpaired) electrons. The van der Waals surface area contributed by atoms with E-state index >= 15 is 0 Å². The Morgan fingerprint density at radius 3 is 2.38 bits per heavy atom. The fraction of sp³-hybridized carbons (Fsp3) is 0.500. The fourth-order valence-electron chi connectivity index (χ4n) is 4.53. The van der Waals surface area contributed by atoms with Crippen molar-refractivity contribution in [2.24, 2.45) is 4.99 Å². The van der Waals surface area contributed by atoms with Gasteiger partial charge in [0, 0.05) is 52.6 Å². The lowest BCUT2D eigenvalue weighted by Crippen LogP contribution is -2.50. The van der Waals surface area contributed by atoms with E-state index in [0.717, 1.165) is 70.5 Å². The van der Waals surface area contributed by atoms with Crippen LogP contribution in [-0.4, -0.2) is 74.8 Å². The molecule has 0 aliphatic carbocycles. The number of morpholine rings is 1. The first kappa shape index (κ1) is 22.6. The Kier molecular flexibility index (Phi) is 8.02. The molecule has 1 unspecified atom stereocenters. The molecule has 172 valence electrons. The summed E-state index contributed by atoms with van der Waals surface area (Å²) in [5, 5.41) is 3.67. The summed E-state index contributed by atoms with van der Waals surface area (Å²) in [4.78, 5) is 9.47. The van der Waals surface area contributed by atoms with Crippen LogP contribution in [0.5, 0.6) is 5.75 Å². The molecule has 2 aromatic rings.